The highest BCUT2D eigenvalue weighted by molar-refractivity contribution is 5.78. The highest BCUT2D eigenvalue weighted by Gasteiger charge is 2.26. The zero-order valence-electron chi connectivity index (χ0n) is 11.4. The number of hydrazine groups is 1. The lowest BCUT2D eigenvalue weighted by Gasteiger charge is -2.27. The molecule has 0 saturated carbocycles. The second kappa shape index (κ2) is 5.28. The smallest absolute Gasteiger partial charge is 0.169 e. The number of fused-ring (bicyclic) bond motifs is 1. The Hall–Kier alpha value is -1.43. The maximum Gasteiger partial charge on any atom is 0.169 e. The standard InChI is InChI=1S/C14H19FN2O2/c1-14(2,18-3)8-11(17-16)12-7-9-5-4-6-10(15)13(9)19-12/h4-7,11,17H,8,16H2,1-3H3. The van der Waals surface area contributed by atoms with Gasteiger partial charge in [-0.1, -0.05) is 12.1 Å². The van der Waals surface area contributed by atoms with Gasteiger partial charge in [-0.05, 0) is 32.4 Å². The third-order valence-electron chi connectivity index (χ3n) is 3.31. The number of benzene rings is 1. The predicted octanol–water partition coefficient (Wildman–Crippen LogP) is 2.89. The average molecular weight is 266 g/mol. The zero-order valence-corrected chi connectivity index (χ0v) is 11.4. The molecule has 0 aliphatic heterocycles. The number of rotatable bonds is 5. The van der Waals surface area contributed by atoms with Crippen molar-refractivity contribution in [2.24, 2.45) is 5.84 Å². The largest absolute Gasteiger partial charge is 0.456 e. The van der Waals surface area contributed by atoms with E-state index in [0.29, 0.717) is 12.2 Å². The van der Waals surface area contributed by atoms with Gasteiger partial charge in [0.1, 0.15) is 5.76 Å². The van der Waals surface area contributed by atoms with Gasteiger partial charge in [0.15, 0.2) is 11.4 Å². The van der Waals surface area contributed by atoms with Crippen molar-refractivity contribution in [3.63, 3.8) is 0 Å². The first kappa shape index (κ1) is 14.0. The summed E-state index contributed by atoms with van der Waals surface area (Å²) in [6.07, 6.45) is 0.613. The van der Waals surface area contributed by atoms with Gasteiger partial charge in [-0.15, -0.1) is 0 Å². The average Bonchev–Trinajstić information content (AvgIpc) is 2.81. The summed E-state index contributed by atoms with van der Waals surface area (Å²) < 4.78 is 24.5. The fraction of sp³-hybridized carbons (Fsp3) is 0.429. The molecule has 0 aliphatic carbocycles. The lowest BCUT2D eigenvalue weighted by Crippen LogP contribution is -2.35. The van der Waals surface area contributed by atoms with Crippen LogP contribution in [0.4, 0.5) is 4.39 Å². The van der Waals surface area contributed by atoms with Crippen LogP contribution in [0.5, 0.6) is 0 Å². The Kier molecular flexibility index (Phi) is 3.89. The van der Waals surface area contributed by atoms with Crippen LogP contribution in [0.15, 0.2) is 28.7 Å². The van der Waals surface area contributed by atoms with Crippen LogP contribution < -0.4 is 11.3 Å². The van der Waals surface area contributed by atoms with Crippen molar-refractivity contribution >= 4 is 11.0 Å². The minimum Gasteiger partial charge on any atom is -0.456 e. The van der Waals surface area contributed by atoms with Gasteiger partial charge >= 0.3 is 0 Å². The molecule has 0 bridgehead atoms. The van der Waals surface area contributed by atoms with Crippen LogP contribution in [0.3, 0.4) is 0 Å². The Morgan fingerprint density at radius 1 is 1.47 bits per heavy atom. The number of furan rings is 1. The molecule has 0 fully saturated rings. The van der Waals surface area contributed by atoms with E-state index in [9.17, 15) is 4.39 Å². The van der Waals surface area contributed by atoms with Crippen molar-refractivity contribution in [3.8, 4) is 0 Å². The summed E-state index contributed by atoms with van der Waals surface area (Å²) in [5, 5.41) is 0.727. The Morgan fingerprint density at radius 3 is 2.79 bits per heavy atom. The van der Waals surface area contributed by atoms with Crippen molar-refractivity contribution in [3.05, 3.63) is 35.8 Å². The third-order valence-corrected chi connectivity index (χ3v) is 3.31. The maximum atomic E-state index is 13.6. The fourth-order valence-electron chi connectivity index (χ4n) is 2.04. The van der Waals surface area contributed by atoms with E-state index in [4.69, 9.17) is 15.0 Å². The van der Waals surface area contributed by atoms with Crippen LogP contribution >= 0.6 is 0 Å². The zero-order chi connectivity index (χ0) is 14.0. The van der Waals surface area contributed by atoms with Crippen molar-refractivity contribution in [2.45, 2.75) is 31.9 Å². The summed E-state index contributed by atoms with van der Waals surface area (Å²) in [7, 11) is 1.64. The summed E-state index contributed by atoms with van der Waals surface area (Å²) in [5.74, 6) is 5.80. The third kappa shape index (κ3) is 2.94. The SMILES string of the molecule is COC(C)(C)CC(NN)c1cc2cccc(F)c2o1. The highest BCUT2D eigenvalue weighted by atomic mass is 19.1. The summed E-state index contributed by atoms with van der Waals surface area (Å²) in [4.78, 5) is 0. The van der Waals surface area contributed by atoms with Gasteiger partial charge in [0, 0.05) is 12.5 Å². The molecule has 2 aromatic rings. The first-order chi connectivity index (χ1) is 8.96. The number of hydrogen-bond acceptors (Lipinski definition) is 4. The van der Waals surface area contributed by atoms with Gasteiger partial charge in [-0.2, -0.15) is 0 Å². The summed E-state index contributed by atoms with van der Waals surface area (Å²) >= 11 is 0. The van der Waals surface area contributed by atoms with Crippen molar-refractivity contribution in [1.82, 2.24) is 5.43 Å². The Bertz CT molecular complexity index is 566. The number of ether oxygens (including phenoxy) is 1. The molecule has 0 spiro atoms. The first-order valence-electron chi connectivity index (χ1n) is 6.16. The molecule has 1 heterocycles. The lowest BCUT2D eigenvalue weighted by molar-refractivity contribution is 0.00511. The van der Waals surface area contributed by atoms with E-state index < -0.39 is 0 Å². The highest BCUT2D eigenvalue weighted by Crippen LogP contribution is 2.30. The molecule has 3 N–H and O–H groups in total. The Labute approximate surface area is 111 Å². The summed E-state index contributed by atoms with van der Waals surface area (Å²) in [6.45, 7) is 3.92. The van der Waals surface area contributed by atoms with E-state index in [1.807, 2.05) is 13.8 Å². The minimum absolute atomic E-state index is 0.234. The van der Waals surface area contributed by atoms with E-state index in [0.717, 1.165) is 5.39 Å². The van der Waals surface area contributed by atoms with Gasteiger partial charge in [0.05, 0.1) is 11.6 Å². The van der Waals surface area contributed by atoms with Crippen LogP contribution in [-0.4, -0.2) is 12.7 Å². The first-order valence-corrected chi connectivity index (χ1v) is 6.16. The number of hydrogen-bond donors (Lipinski definition) is 2. The van der Waals surface area contributed by atoms with Gasteiger partial charge in [0.2, 0.25) is 0 Å². The van der Waals surface area contributed by atoms with Gasteiger partial charge in [-0.25, -0.2) is 9.82 Å². The van der Waals surface area contributed by atoms with Crippen LogP contribution in [0.25, 0.3) is 11.0 Å². The normalized spacial score (nSPS) is 13.9. The van der Waals surface area contributed by atoms with E-state index in [-0.39, 0.29) is 23.0 Å². The summed E-state index contributed by atoms with van der Waals surface area (Å²) in [6, 6.07) is 6.40. The van der Waals surface area contributed by atoms with Gasteiger partial charge < -0.3 is 9.15 Å². The molecule has 1 aromatic heterocycles. The number of halogens is 1. The van der Waals surface area contributed by atoms with Crippen molar-refractivity contribution in [1.29, 1.82) is 0 Å². The second-order valence-electron chi connectivity index (χ2n) is 5.19. The van der Waals surface area contributed by atoms with E-state index in [1.54, 1.807) is 25.3 Å². The number of para-hydroxylation sites is 1. The maximum absolute atomic E-state index is 13.6. The lowest BCUT2D eigenvalue weighted by atomic mass is 9.97. The van der Waals surface area contributed by atoms with Crippen LogP contribution in [0.2, 0.25) is 0 Å². The van der Waals surface area contributed by atoms with E-state index >= 15 is 0 Å². The van der Waals surface area contributed by atoms with Gasteiger partial charge in [-0.3, -0.25) is 5.84 Å². The Balaban J connectivity index is 2.33. The van der Waals surface area contributed by atoms with Crippen molar-refractivity contribution < 1.29 is 13.5 Å². The molecule has 0 amide bonds. The molecule has 2 rings (SSSR count). The van der Waals surface area contributed by atoms with Crippen LogP contribution in [0, 0.1) is 5.82 Å². The second-order valence-corrected chi connectivity index (χ2v) is 5.19. The quantitative estimate of drug-likeness (QED) is 0.645. The molecule has 5 heteroatoms. The molecule has 0 saturated heterocycles. The monoisotopic (exact) mass is 266 g/mol. The molecule has 1 aromatic carbocycles. The topological polar surface area (TPSA) is 60.4 Å². The molecule has 0 aliphatic rings. The minimum atomic E-state index is -0.370. The number of methoxy groups -OCH3 is 1. The molecular formula is C14H19FN2O2. The summed E-state index contributed by atoms with van der Waals surface area (Å²) in [5.41, 5.74) is 2.60. The van der Waals surface area contributed by atoms with E-state index in [1.165, 1.54) is 6.07 Å². The number of nitrogens with two attached hydrogens (primary N) is 1. The molecule has 1 atom stereocenters. The van der Waals surface area contributed by atoms with Gasteiger partial charge in [0.25, 0.3) is 0 Å². The molecular weight excluding hydrogens is 247 g/mol. The van der Waals surface area contributed by atoms with E-state index in [2.05, 4.69) is 5.43 Å². The molecule has 104 valence electrons. The number of nitrogens with one attached hydrogen (secondary N) is 1. The predicted molar refractivity (Wildman–Crippen MR) is 71.9 cm³/mol. The fourth-order valence-corrected chi connectivity index (χ4v) is 2.04. The van der Waals surface area contributed by atoms with Crippen molar-refractivity contribution in [2.75, 3.05) is 7.11 Å². The molecule has 4 nitrogen and oxygen atoms in total. The molecule has 1 unspecified atom stereocenters. The van der Waals surface area contributed by atoms with Crippen LogP contribution in [0.1, 0.15) is 32.1 Å². The molecule has 19 heavy (non-hydrogen) atoms. The Morgan fingerprint density at radius 2 is 2.21 bits per heavy atom. The molecule has 0 radical (unpaired) electrons. The van der Waals surface area contributed by atoms with Crippen LogP contribution in [-0.2, 0) is 4.74 Å².